The van der Waals surface area contributed by atoms with Gasteiger partial charge in [-0.1, -0.05) is 41.9 Å². The number of nitrogens with one attached hydrogen (secondary N) is 1. The van der Waals surface area contributed by atoms with E-state index in [0.29, 0.717) is 17.8 Å². The summed E-state index contributed by atoms with van der Waals surface area (Å²) < 4.78 is 43.2. The maximum Gasteiger partial charge on any atom is 0.417 e. The van der Waals surface area contributed by atoms with Crippen molar-refractivity contribution in [1.29, 1.82) is 0 Å². The van der Waals surface area contributed by atoms with Crippen LogP contribution in [-0.4, -0.2) is 28.2 Å². The fourth-order valence-corrected chi connectivity index (χ4v) is 2.30. The summed E-state index contributed by atoms with van der Waals surface area (Å²) in [5.74, 6) is -1.46. The monoisotopic (exact) mass is 402 g/mol. The lowest BCUT2D eigenvalue weighted by Crippen LogP contribution is -2.42. The summed E-state index contributed by atoms with van der Waals surface area (Å²) in [6, 6.07) is 7.81. The summed E-state index contributed by atoms with van der Waals surface area (Å²) in [5, 5.41) is 11.0. The molecule has 0 saturated heterocycles. The fraction of sp³-hybridized carbons (Fsp3) is 0.235. The highest BCUT2D eigenvalue weighted by molar-refractivity contribution is 6.30. The number of alkyl carbamates (subject to hydrolysis) is 1. The van der Waals surface area contributed by atoms with Crippen LogP contribution in [0.25, 0.3) is 0 Å². The van der Waals surface area contributed by atoms with Crippen LogP contribution in [0.1, 0.15) is 16.7 Å². The molecule has 0 aliphatic rings. The number of ether oxygens (including phenoxy) is 1. The zero-order valence-corrected chi connectivity index (χ0v) is 14.4. The first kappa shape index (κ1) is 20.5. The van der Waals surface area contributed by atoms with Gasteiger partial charge >= 0.3 is 18.2 Å². The molecule has 10 heteroatoms. The van der Waals surface area contributed by atoms with Gasteiger partial charge in [-0.25, -0.2) is 14.6 Å². The van der Waals surface area contributed by atoms with E-state index in [1.165, 1.54) is 0 Å². The van der Waals surface area contributed by atoms with Crippen LogP contribution in [0.15, 0.2) is 42.6 Å². The van der Waals surface area contributed by atoms with Gasteiger partial charge in [0.15, 0.2) is 0 Å². The summed E-state index contributed by atoms with van der Waals surface area (Å²) >= 11 is 5.76. The number of carbonyl (C=O) groups excluding carboxylic acids is 1. The third kappa shape index (κ3) is 6.14. The summed E-state index contributed by atoms with van der Waals surface area (Å²) in [6.45, 7) is -0.0924. The highest BCUT2D eigenvalue weighted by Crippen LogP contribution is 2.31. The number of aromatic nitrogens is 1. The van der Waals surface area contributed by atoms with E-state index in [2.05, 4.69) is 10.3 Å². The molecule has 1 aromatic carbocycles. The van der Waals surface area contributed by atoms with Crippen molar-refractivity contribution in [3.8, 4) is 0 Å². The second kappa shape index (κ2) is 8.72. The molecule has 27 heavy (non-hydrogen) atoms. The standard InChI is InChI=1S/C17H14ClF3N2O4/c18-14-11(6-12(8-22-14)17(19,20)21)7-13(15(24)25)23-16(26)27-9-10-4-2-1-3-5-10/h1-6,8,13H,7,9H2,(H,23,26)(H,24,25). The second-order valence-corrected chi connectivity index (χ2v) is 5.83. The van der Waals surface area contributed by atoms with E-state index in [9.17, 15) is 27.9 Å². The third-order valence-corrected chi connectivity index (χ3v) is 3.81. The molecule has 0 radical (unpaired) electrons. The predicted molar refractivity (Wildman–Crippen MR) is 89.1 cm³/mol. The lowest BCUT2D eigenvalue weighted by atomic mass is 10.1. The van der Waals surface area contributed by atoms with Crippen molar-refractivity contribution >= 4 is 23.7 Å². The Balaban J connectivity index is 2.05. The van der Waals surface area contributed by atoms with Gasteiger partial charge in [0.05, 0.1) is 5.56 Å². The maximum absolute atomic E-state index is 12.8. The zero-order valence-electron chi connectivity index (χ0n) is 13.7. The topological polar surface area (TPSA) is 88.5 Å². The van der Waals surface area contributed by atoms with Crippen LogP contribution in [-0.2, 0) is 28.7 Å². The molecule has 0 spiro atoms. The molecule has 1 amide bonds. The minimum Gasteiger partial charge on any atom is -0.480 e. The molecule has 1 unspecified atom stereocenters. The highest BCUT2D eigenvalue weighted by Gasteiger charge is 2.32. The van der Waals surface area contributed by atoms with Gasteiger partial charge < -0.3 is 15.2 Å². The van der Waals surface area contributed by atoms with E-state index in [0.717, 1.165) is 0 Å². The second-order valence-electron chi connectivity index (χ2n) is 5.47. The van der Waals surface area contributed by atoms with E-state index in [1.54, 1.807) is 30.3 Å². The lowest BCUT2D eigenvalue weighted by Gasteiger charge is -2.16. The minimum absolute atomic E-state index is 0.0924. The largest absolute Gasteiger partial charge is 0.480 e. The van der Waals surface area contributed by atoms with Crippen molar-refractivity contribution in [1.82, 2.24) is 10.3 Å². The molecule has 2 N–H and O–H groups in total. The Labute approximate surface area is 156 Å². The number of hydrogen-bond acceptors (Lipinski definition) is 4. The lowest BCUT2D eigenvalue weighted by molar-refractivity contribution is -0.139. The number of carboxylic acids is 1. The molecule has 1 aromatic heterocycles. The first-order valence-electron chi connectivity index (χ1n) is 7.58. The molecule has 0 aliphatic heterocycles. The van der Waals surface area contributed by atoms with Crippen LogP contribution in [0.3, 0.4) is 0 Å². The number of carboxylic acid groups (broad SMARTS) is 1. The van der Waals surface area contributed by atoms with Gasteiger partial charge in [0.25, 0.3) is 0 Å². The van der Waals surface area contributed by atoms with Gasteiger partial charge in [0, 0.05) is 12.6 Å². The number of alkyl halides is 3. The first-order valence-corrected chi connectivity index (χ1v) is 7.96. The van der Waals surface area contributed by atoms with Crippen molar-refractivity contribution < 1.29 is 32.6 Å². The summed E-state index contributed by atoms with van der Waals surface area (Å²) in [7, 11) is 0. The van der Waals surface area contributed by atoms with Crippen LogP contribution in [0.5, 0.6) is 0 Å². The summed E-state index contributed by atoms with van der Waals surface area (Å²) in [6.07, 6.45) is -5.63. The smallest absolute Gasteiger partial charge is 0.417 e. The van der Waals surface area contributed by atoms with Gasteiger partial charge in [-0.3, -0.25) is 0 Å². The van der Waals surface area contributed by atoms with E-state index in [1.807, 2.05) is 0 Å². The number of rotatable bonds is 6. The van der Waals surface area contributed by atoms with Crippen LogP contribution in [0, 0.1) is 0 Å². The maximum atomic E-state index is 12.8. The molecular formula is C17H14ClF3N2O4. The number of nitrogens with zero attached hydrogens (tertiary/aromatic N) is 1. The Morgan fingerprint density at radius 3 is 2.52 bits per heavy atom. The molecule has 0 saturated carbocycles. The van der Waals surface area contributed by atoms with E-state index in [-0.39, 0.29) is 17.3 Å². The number of benzene rings is 1. The van der Waals surface area contributed by atoms with E-state index in [4.69, 9.17) is 16.3 Å². The van der Waals surface area contributed by atoms with Crippen LogP contribution >= 0.6 is 11.6 Å². The molecule has 0 fully saturated rings. The molecule has 0 aliphatic carbocycles. The van der Waals surface area contributed by atoms with Crippen molar-refractivity contribution in [3.05, 3.63) is 64.4 Å². The molecule has 2 aromatic rings. The van der Waals surface area contributed by atoms with Crippen LogP contribution in [0.4, 0.5) is 18.0 Å². The van der Waals surface area contributed by atoms with Gasteiger partial charge in [0.2, 0.25) is 0 Å². The third-order valence-electron chi connectivity index (χ3n) is 3.47. The SMILES string of the molecule is O=C(NC(Cc1cc(C(F)(F)F)cnc1Cl)C(=O)O)OCc1ccccc1. The van der Waals surface area contributed by atoms with Crippen molar-refractivity contribution in [3.63, 3.8) is 0 Å². The summed E-state index contributed by atoms with van der Waals surface area (Å²) in [4.78, 5) is 26.6. The van der Waals surface area contributed by atoms with Gasteiger partial charge in [-0.15, -0.1) is 0 Å². The van der Waals surface area contributed by atoms with E-state index < -0.39 is 36.3 Å². The van der Waals surface area contributed by atoms with Crippen molar-refractivity contribution in [2.24, 2.45) is 0 Å². The molecule has 1 atom stereocenters. The highest BCUT2D eigenvalue weighted by atomic mass is 35.5. The molecule has 144 valence electrons. The quantitative estimate of drug-likeness (QED) is 0.720. The zero-order chi connectivity index (χ0) is 20.0. The Hall–Kier alpha value is -2.81. The first-order chi connectivity index (χ1) is 12.7. The van der Waals surface area contributed by atoms with Crippen molar-refractivity contribution in [2.45, 2.75) is 25.2 Å². The number of aliphatic carboxylic acids is 1. The Morgan fingerprint density at radius 2 is 1.93 bits per heavy atom. The van der Waals surface area contributed by atoms with Gasteiger partial charge in [-0.05, 0) is 17.2 Å². The van der Waals surface area contributed by atoms with Gasteiger partial charge in [-0.2, -0.15) is 13.2 Å². The normalized spacial score (nSPS) is 12.3. The average molecular weight is 403 g/mol. The molecular weight excluding hydrogens is 389 g/mol. The van der Waals surface area contributed by atoms with Crippen LogP contribution in [0.2, 0.25) is 5.15 Å². The molecule has 0 bridgehead atoms. The molecule has 6 nitrogen and oxygen atoms in total. The molecule has 1 heterocycles. The number of amides is 1. The average Bonchev–Trinajstić information content (AvgIpc) is 2.61. The number of halogens is 4. The Morgan fingerprint density at radius 1 is 1.26 bits per heavy atom. The summed E-state index contributed by atoms with van der Waals surface area (Å²) in [5.41, 5.74) is -0.551. The minimum atomic E-state index is -4.66. The number of carbonyl (C=O) groups is 2. The Kier molecular flexibility index (Phi) is 6.62. The fourth-order valence-electron chi connectivity index (χ4n) is 2.12. The van der Waals surface area contributed by atoms with Crippen molar-refractivity contribution in [2.75, 3.05) is 0 Å². The van der Waals surface area contributed by atoms with E-state index >= 15 is 0 Å². The van der Waals surface area contributed by atoms with Crippen LogP contribution < -0.4 is 5.32 Å². The molecule has 2 rings (SSSR count). The van der Waals surface area contributed by atoms with Gasteiger partial charge in [0.1, 0.15) is 17.8 Å². The number of hydrogen-bond donors (Lipinski definition) is 2. The predicted octanol–water partition coefficient (Wildman–Crippen LogP) is 3.68. The Bertz CT molecular complexity index is 816. The number of pyridine rings is 1.